The standard InChI is InChI=1S/C29H44N2O8/c1-14-9-8-10-20(36-5)26(39-29(30)35)17(4)11-16(3)25(33)21(37-6)12-15(2)22-23-18(31-28(14)34)13-19(32)27(38-7)24(22)23/h8-11,15-16,18,20-27,33H,12-13H2,1-7H3,(H2,30,35)(H,31,34)/b10-8+,14-9+,17-11+/t15?,16?,18?,20-,21?,22?,23?,24?,25?,26?,27?/m0/s1. The molecule has 10 heteroatoms. The first-order chi connectivity index (χ1) is 18.4. The highest BCUT2D eigenvalue weighted by Gasteiger charge is 2.64. The Balaban J connectivity index is 2.01. The van der Waals surface area contributed by atoms with E-state index in [1.165, 1.54) is 7.11 Å². The van der Waals surface area contributed by atoms with Gasteiger partial charge < -0.3 is 35.1 Å². The summed E-state index contributed by atoms with van der Waals surface area (Å²) in [6.45, 7) is 7.45. The third-order valence-electron chi connectivity index (χ3n) is 8.59. The zero-order valence-electron chi connectivity index (χ0n) is 24.0. The van der Waals surface area contributed by atoms with Gasteiger partial charge in [-0.05, 0) is 43.6 Å². The number of carbonyl (C=O) groups excluding carboxylic acids is 3. The number of ketones is 1. The minimum absolute atomic E-state index is 0.00574. The number of amides is 2. The van der Waals surface area contributed by atoms with Crippen molar-refractivity contribution >= 4 is 17.8 Å². The lowest BCUT2D eigenvalue weighted by molar-refractivity contribution is -0.133. The maximum Gasteiger partial charge on any atom is 0.405 e. The van der Waals surface area contributed by atoms with Crippen LogP contribution >= 0.6 is 0 Å². The van der Waals surface area contributed by atoms with Gasteiger partial charge in [0.15, 0.2) is 11.9 Å². The monoisotopic (exact) mass is 548 g/mol. The summed E-state index contributed by atoms with van der Waals surface area (Å²) >= 11 is 0. The van der Waals surface area contributed by atoms with Crippen LogP contribution in [0.5, 0.6) is 0 Å². The average molecular weight is 549 g/mol. The van der Waals surface area contributed by atoms with Crippen LogP contribution in [0.4, 0.5) is 4.79 Å². The Morgan fingerprint density at radius 2 is 1.72 bits per heavy atom. The first-order valence-electron chi connectivity index (χ1n) is 13.5. The highest BCUT2D eigenvalue weighted by Crippen LogP contribution is 2.59. The van der Waals surface area contributed by atoms with Gasteiger partial charge in [-0.1, -0.05) is 38.2 Å². The second-order valence-corrected chi connectivity index (χ2v) is 11.2. The minimum Gasteiger partial charge on any atom is -0.439 e. The number of carbonyl (C=O) groups is 3. The molecule has 0 aromatic carbocycles. The second kappa shape index (κ2) is 13.2. The van der Waals surface area contributed by atoms with E-state index < -0.39 is 36.6 Å². The van der Waals surface area contributed by atoms with Gasteiger partial charge in [0.05, 0.1) is 12.2 Å². The predicted octanol–water partition coefficient (Wildman–Crippen LogP) is 2.30. The van der Waals surface area contributed by atoms with Gasteiger partial charge in [-0.3, -0.25) is 9.59 Å². The lowest BCUT2D eigenvalue weighted by Gasteiger charge is -2.29. The first kappa shape index (κ1) is 31.0. The molecule has 39 heavy (non-hydrogen) atoms. The van der Waals surface area contributed by atoms with E-state index >= 15 is 0 Å². The van der Waals surface area contributed by atoms with E-state index in [9.17, 15) is 19.5 Å². The van der Waals surface area contributed by atoms with Crippen LogP contribution < -0.4 is 11.1 Å². The van der Waals surface area contributed by atoms with Crippen LogP contribution in [-0.4, -0.2) is 80.8 Å². The molecule has 11 atom stereocenters. The van der Waals surface area contributed by atoms with Gasteiger partial charge in [-0.2, -0.15) is 0 Å². The molecular formula is C29H44N2O8. The maximum absolute atomic E-state index is 13.1. The number of ether oxygens (including phenoxy) is 4. The van der Waals surface area contributed by atoms with E-state index in [1.807, 2.05) is 13.0 Å². The average Bonchev–Trinajstić information content (AvgIpc) is 3.63. The fourth-order valence-electron chi connectivity index (χ4n) is 6.56. The van der Waals surface area contributed by atoms with E-state index in [1.54, 1.807) is 46.3 Å². The molecule has 0 radical (unpaired) electrons. The Bertz CT molecular complexity index is 1010. The molecule has 2 fully saturated rings. The van der Waals surface area contributed by atoms with Gasteiger partial charge in [0, 0.05) is 51.2 Å². The van der Waals surface area contributed by atoms with Crippen molar-refractivity contribution in [2.75, 3.05) is 21.3 Å². The number of nitrogens with one attached hydrogen (secondary N) is 1. The Hall–Kier alpha value is -2.53. The van der Waals surface area contributed by atoms with Crippen molar-refractivity contribution in [2.45, 2.75) is 77.1 Å². The first-order valence-corrected chi connectivity index (χ1v) is 13.5. The molecule has 2 aliphatic carbocycles. The van der Waals surface area contributed by atoms with E-state index in [0.717, 1.165) is 0 Å². The highest BCUT2D eigenvalue weighted by molar-refractivity contribution is 5.94. The van der Waals surface area contributed by atoms with Gasteiger partial charge in [-0.25, -0.2) is 4.79 Å². The third-order valence-corrected chi connectivity index (χ3v) is 8.59. The lowest BCUT2D eigenvalue weighted by Crippen LogP contribution is -2.45. The molecule has 10 nitrogen and oxygen atoms in total. The van der Waals surface area contributed by atoms with Crippen LogP contribution in [0.15, 0.2) is 35.5 Å². The molecule has 2 amide bonds. The molecule has 1 aliphatic heterocycles. The van der Waals surface area contributed by atoms with Gasteiger partial charge >= 0.3 is 6.09 Å². The zero-order valence-corrected chi connectivity index (χ0v) is 24.0. The fraction of sp³-hybridized carbons (Fsp3) is 0.690. The van der Waals surface area contributed by atoms with Crippen molar-refractivity contribution in [3.8, 4) is 0 Å². The van der Waals surface area contributed by atoms with Crippen molar-refractivity contribution in [1.82, 2.24) is 5.32 Å². The van der Waals surface area contributed by atoms with E-state index in [0.29, 0.717) is 17.6 Å². The molecule has 0 spiro atoms. The number of hydrogen-bond acceptors (Lipinski definition) is 8. The van der Waals surface area contributed by atoms with Gasteiger partial charge in [0.1, 0.15) is 12.2 Å². The van der Waals surface area contributed by atoms with Gasteiger partial charge in [0.2, 0.25) is 5.91 Å². The number of rotatable bonds is 4. The number of aliphatic hydroxyl groups excluding tert-OH is 1. The van der Waals surface area contributed by atoms with Crippen molar-refractivity contribution < 1.29 is 38.4 Å². The smallest absolute Gasteiger partial charge is 0.405 e. The number of Topliss-reactive ketones (excluding diaryl/α,β-unsaturated/α-hetero) is 1. The molecule has 4 N–H and O–H groups in total. The van der Waals surface area contributed by atoms with Crippen molar-refractivity contribution in [3.63, 3.8) is 0 Å². The summed E-state index contributed by atoms with van der Waals surface area (Å²) in [6, 6.07) is -0.296. The maximum atomic E-state index is 13.1. The summed E-state index contributed by atoms with van der Waals surface area (Å²) in [5.41, 5.74) is 6.46. The van der Waals surface area contributed by atoms with E-state index in [2.05, 4.69) is 12.2 Å². The molecule has 0 saturated heterocycles. The summed E-state index contributed by atoms with van der Waals surface area (Å²) in [6.07, 6.45) is 3.26. The van der Waals surface area contributed by atoms with E-state index in [4.69, 9.17) is 24.7 Å². The SMILES string of the molecule is COC1CC(C)C2C3C(CC(=O)C(OC)C23)NC(=O)/C(C)=C/C=C/[C@H](OC)C(OC(N)=O)/C(C)=C/C(C)C1O. The van der Waals surface area contributed by atoms with Crippen molar-refractivity contribution in [1.29, 1.82) is 0 Å². The molecule has 1 heterocycles. The summed E-state index contributed by atoms with van der Waals surface area (Å²) in [5.74, 6) is -0.262. The molecular weight excluding hydrogens is 504 g/mol. The number of aliphatic hydroxyl groups is 1. The number of allylic oxidation sites excluding steroid dienone is 2. The Kier molecular flexibility index (Phi) is 10.5. The molecule has 218 valence electrons. The topological polar surface area (TPSA) is 146 Å². The van der Waals surface area contributed by atoms with Gasteiger partial charge in [0.25, 0.3) is 0 Å². The summed E-state index contributed by atoms with van der Waals surface area (Å²) in [4.78, 5) is 37.7. The molecule has 0 bridgehead atoms. The number of primary amides is 1. The molecule has 3 rings (SSSR count). The van der Waals surface area contributed by atoms with Crippen LogP contribution in [-0.2, 0) is 28.5 Å². The molecule has 0 aromatic rings. The van der Waals surface area contributed by atoms with Crippen LogP contribution in [0.25, 0.3) is 0 Å². The van der Waals surface area contributed by atoms with Crippen LogP contribution in [0.2, 0.25) is 0 Å². The van der Waals surface area contributed by atoms with E-state index in [-0.39, 0.29) is 53.7 Å². The molecule has 0 aromatic heterocycles. The normalized spacial score (nSPS) is 43.3. The van der Waals surface area contributed by atoms with Gasteiger partial charge in [-0.15, -0.1) is 0 Å². The minimum atomic E-state index is -0.956. The van der Waals surface area contributed by atoms with Crippen LogP contribution in [0, 0.1) is 29.6 Å². The third kappa shape index (κ3) is 6.98. The summed E-state index contributed by atoms with van der Waals surface area (Å²) in [5, 5.41) is 14.3. The molecule has 10 unspecified atom stereocenters. The largest absolute Gasteiger partial charge is 0.439 e. The Labute approximate surface area is 230 Å². The number of methoxy groups -OCH3 is 3. The lowest BCUT2D eigenvalue weighted by atomic mass is 9.88. The zero-order chi connectivity index (χ0) is 29.0. The van der Waals surface area contributed by atoms with Crippen molar-refractivity contribution in [2.24, 2.45) is 35.3 Å². The molecule has 2 saturated carbocycles. The Morgan fingerprint density at radius 1 is 1.03 bits per heavy atom. The summed E-state index contributed by atoms with van der Waals surface area (Å²) in [7, 11) is 4.60. The highest BCUT2D eigenvalue weighted by atomic mass is 16.6. The quantitative estimate of drug-likeness (QED) is 0.454. The number of fused-ring (bicyclic) bond motifs is 1. The predicted molar refractivity (Wildman–Crippen MR) is 144 cm³/mol. The number of nitrogens with two attached hydrogens (primary N) is 1. The van der Waals surface area contributed by atoms with Crippen LogP contribution in [0.1, 0.15) is 40.5 Å². The fourth-order valence-corrected chi connectivity index (χ4v) is 6.56. The van der Waals surface area contributed by atoms with Crippen molar-refractivity contribution in [3.05, 3.63) is 35.5 Å². The Morgan fingerprint density at radius 3 is 2.31 bits per heavy atom. The molecule has 3 aliphatic rings. The van der Waals surface area contributed by atoms with Crippen LogP contribution in [0.3, 0.4) is 0 Å². The summed E-state index contributed by atoms with van der Waals surface area (Å²) < 4.78 is 22.3. The second-order valence-electron chi connectivity index (χ2n) is 11.2. The number of hydrogen-bond donors (Lipinski definition) is 3.